The standard InChI is InChI=1S/C18H18N2O6/c1-11-17(25-2)9-7-14(18(11)26-3)16(21)8-5-12-4-6-13(20(23)24)10-15(12)19-22/h4-10,19,22H,1-3H3/b8-5+. The lowest BCUT2D eigenvalue weighted by Crippen LogP contribution is -2.02. The molecular formula is C18H18N2O6. The molecule has 0 saturated heterocycles. The Morgan fingerprint density at radius 1 is 1.23 bits per heavy atom. The number of ketones is 1. The summed E-state index contributed by atoms with van der Waals surface area (Å²) in [6, 6.07) is 7.15. The van der Waals surface area contributed by atoms with Gasteiger partial charge in [0, 0.05) is 23.3 Å². The Labute approximate surface area is 149 Å². The molecule has 2 rings (SSSR count). The number of benzene rings is 2. The molecule has 0 aliphatic heterocycles. The van der Waals surface area contributed by atoms with Gasteiger partial charge in [0.25, 0.3) is 5.69 Å². The zero-order valence-corrected chi connectivity index (χ0v) is 14.5. The van der Waals surface area contributed by atoms with Crippen LogP contribution in [0.3, 0.4) is 0 Å². The van der Waals surface area contributed by atoms with Crippen molar-refractivity contribution < 1.29 is 24.4 Å². The number of ether oxygens (including phenoxy) is 2. The first-order valence-corrected chi connectivity index (χ1v) is 7.55. The Balaban J connectivity index is 2.36. The van der Waals surface area contributed by atoms with E-state index in [0.29, 0.717) is 28.2 Å². The Morgan fingerprint density at radius 3 is 2.54 bits per heavy atom. The predicted octanol–water partition coefficient (Wildman–Crippen LogP) is 3.62. The molecule has 8 nitrogen and oxygen atoms in total. The molecule has 0 fully saturated rings. The number of allylic oxidation sites excluding steroid dienone is 1. The molecule has 2 aromatic rings. The Morgan fingerprint density at radius 2 is 1.96 bits per heavy atom. The smallest absolute Gasteiger partial charge is 0.271 e. The second-order valence-electron chi connectivity index (χ2n) is 5.31. The van der Waals surface area contributed by atoms with Crippen LogP contribution in [0.1, 0.15) is 21.5 Å². The van der Waals surface area contributed by atoms with E-state index in [0.717, 1.165) is 0 Å². The summed E-state index contributed by atoms with van der Waals surface area (Å²) in [5.41, 5.74) is 3.28. The summed E-state index contributed by atoms with van der Waals surface area (Å²) >= 11 is 0. The number of nitro groups is 1. The quantitative estimate of drug-likeness (QED) is 0.336. The summed E-state index contributed by atoms with van der Waals surface area (Å²) in [5, 5.41) is 19.9. The molecule has 0 atom stereocenters. The van der Waals surface area contributed by atoms with E-state index in [1.165, 1.54) is 44.6 Å². The fourth-order valence-corrected chi connectivity index (χ4v) is 2.51. The highest BCUT2D eigenvalue weighted by molar-refractivity contribution is 6.09. The summed E-state index contributed by atoms with van der Waals surface area (Å²) in [7, 11) is 2.99. The molecular weight excluding hydrogens is 340 g/mol. The van der Waals surface area contributed by atoms with Crippen molar-refractivity contribution in [2.24, 2.45) is 0 Å². The lowest BCUT2D eigenvalue weighted by atomic mass is 10.0. The SMILES string of the molecule is COc1ccc(C(=O)/C=C/c2ccc([N+](=O)[O-])cc2NO)c(OC)c1C. The third-order valence-corrected chi connectivity index (χ3v) is 3.83. The molecule has 0 aromatic heterocycles. The number of hydrogen-bond acceptors (Lipinski definition) is 7. The number of nitrogens with zero attached hydrogens (tertiary/aromatic N) is 1. The number of nitrogens with one attached hydrogen (secondary N) is 1. The number of non-ortho nitro benzene ring substituents is 1. The maximum Gasteiger partial charge on any atom is 0.271 e. The van der Waals surface area contributed by atoms with Gasteiger partial charge in [0.1, 0.15) is 11.5 Å². The number of anilines is 1. The van der Waals surface area contributed by atoms with Gasteiger partial charge in [-0.2, -0.15) is 0 Å². The second kappa shape index (κ2) is 8.13. The number of rotatable bonds is 7. The minimum Gasteiger partial charge on any atom is -0.496 e. The molecule has 0 heterocycles. The summed E-state index contributed by atoms with van der Waals surface area (Å²) < 4.78 is 10.5. The lowest BCUT2D eigenvalue weighted by Gasteiger charge is -2.12. The van der Waals surface area contributed by atoms with Crippen LogP contribution in [0.4, 0.5) is 11.4 Å². The van der Waals surface area contributed by atoms with Crippen molar-refractivity contribution in [3.8, 4) is 11.5 Å². The van der Waals surface area contributed by atoms with Crippen LogP contribution in [0.15, 0.2) is 36.4 Å². The lowest BCUT2D eigenvalue weighted by molar-refractivity contribution is -0.384. The van der Waals surface area contributed by atoms with Gasteiger partial charge in [-0.25, -0.2) is 0 Å². The first kappa shape index (κ1) is 18.9. The van der Waals surface area contributed by atoms with Gasteiger partial charge in [-0.3, -0.25) is 25.6 Å². The summed E-state index contributed by atoms with van der Waals surface area (Å²) in [4.78, 5) is 22.7. The maximum atomic E-state index is 12.5. The molecule has 26 heavy (non-hydrogen) atoms. The van der Waals surface area contributed by atoms with Crippen molar-refractivity contribution in [1.82, 2.24) is 0 Å². The van der Waals surface area contributed by atoms with Gasteiger partial charge in [-0.05, 0) is 37.3 Å². The van der Waals surface area contributed by atoms with E-state index in [1.807, 2.05) is 5.48 Å². The van der Waals surface area contributed by atoms with E-state index >= 15 is 0 Å². The normalized spacial score (nSPS) is 10.6. The van der Waals surface area contributed by atoms with Crippen LogP contribution in [0, 0.1) is 17.0 Å². The molecule has 0 aliphatic rings. The summed E-state index contributed by atoms with van der Waals surface area (Å²) in [5.74, 6) is 0.683. The van der Waals surface area contributed by atoms with E-state index in [9.17, 15) is 14.9 Å². The third-order valence-electron chi connectivity index (χ3n) is 3.83. The highest BCUT2D eigenvalue weighted by atomic mass is 16.6. The molecule has 0 saturated carbocycles. The third kappa shape index (κ3) is 3.81. The first-order valence-electron chi connectivity index (χ1n) is 7.55. The average Bonchev–Trinajstić information content (AvgIpc) is 2.65. The number of carbonyl (C=O) groups excluding carboxylic acids is 1. The van der Waals surface area contributed by atoms with E-state index in [4.69, 9.17) is 14.7 Å². The molecule has 0 radical (unpaired) electrons. The zero-order valence-electron chi connectivity index (χ0n) is 14.5. The first-order chi connectivity index (χ1) is 12.4. The van der Waals surface area contributed by atoms with Crippen LogP contribution >= 0.6 is 0 Å². The van der Waals surface area contributed by atoms with Gasteiger partial charge in [0.2, 0.25) is 0 Å². The van der Waals surface area contributed by atoms with Crippen molar-refractivity contribution in [1.29, 1.82) is 0 Å². The van der Waals surface area contributed by atoms with Gasteiger partial charge >= 0.3 is 0 Å². The van der Waals surface area contributed by atoms with Crippen LogP contribution < -0.4 is 15.0 Å². The van der Waals surface area contributed by atoms with E-state index < -0.39 is 4.92 Å². The highest BCUT2D eigenvalue weighted by Gasteiger charge is 2.16. The number of methoxy groups -OCH3 is 2. The molecule has 136 valence electrons. The largest absolute Gasteiger partial charge is 0.496 e. The molecule has 8 heteroatoms. The van der Waals surface area contributed by atoms with Crippen LogP contribution in [0.5, 0.6) is 11.5 Å². The van der Waals surface area contributed by atoms with E-state index in [1.54, 1.807) is 19.1 Å². The van der Waals surface area contributed by atoms with Crippen molar-refractivity contribution >= 4 is 23.2 Å². The minimum absolute atomic E-state index is 0.112. The minimum atomic E-state index is -0.579. The number of carbonyl (C=O) groups is 1. The van der Waals surface area contributed by atoms with Gasteiger partial charge in [-0.1, -0.05) is 0 Å². The maximum absolute atomic E-state index is 12.5. The molecule has 0 aliphatic carbocycles. The zero-order chi connectivity index (χ0) is 19.3. The number of hydrogen-bond donors (Lipinski definition) is 2. The fraction of sp³-hybridized carbons (Fsp3) is 0.167. The van der Waals surface area contributed by atoms with Crippen LogP contribution in [-0.4, -0.2) is 30.1 Å². The van der Waals surface area contributed by atoms with Crippen molar-refractivity contribution in [2.45, 2.75) is 6.92 Å². The molecule has 2 aromatic carbocycles. The van der Waals surface area contributed by atoms with Crippen molar-refractivity contribution in [3.05, 3.63) is 63.2 Å². The molecule has 0 bridgehead atoms. The number of nitro benzene ring substituents is 1. The average molecular weight is 358 g/mol. The van der Waals surface area contributed by atoms with E-state index in [2.05, 4.69) is 0 Å². The molecule has 0 unspecified atom stereocenters. The van der Waals surface area contributed by atoms with Gasteiger partial charge < -0.3 is 9.47 Å². The van der Waals surface area contributed by atoms with Gasteiger partial charge in [0.05, 0.1) is 30.4 Å². The molecule has 0 spiro atoms. The fourth-order valence-electron chi connectivity index (χ4n) is 2.51. The Bertz CT molecular complexity index is 876. The topological polar surface area (TPSA) is 111 Å². The summed E-state index contributed by atoms with van der Waals surface area (Å²) in [6.07, 6.45) is 2.75. The van der Waals surface area contributed by atoms with Crippen molar-refractivity contribution in [3.63, 3.8) is 0 Å². The molecule has 0 amide bonds. The summed E-state index contributed by atoms with van der Waals surface area (Å²) in [6.45, 7) is 1.78. The monoisotopic (exact) mass is 358 g/mol. The van der Waals surface area contributed by atoms with E-state index in [-0.39, 0.29) is 17.2 Å². The van der Waals surface area contributed by atoms with Crippen LogP contribution in [0.2, 0.25) is 0 Å². The Kier molecular flexibility index (Phi) is 5.92. The second-order valence-corrected chi connectivity index (χ2v) is 5.31. The van der Waals surface area contributed by atoms with Gasteiger partial charge in [-0.15, -0.1) is 0 Å². The molecule has 2 N–H and O–H groups in total. The highest BCUT2D eigenvalue weighted by Crippen LogP contribution is 2.32. The van der Waals surface area contributed by atoms with Crippen molar-refractivity contribution in [2.75, 3.05) is 19.7 Å². The Hall–Kier alpha value is -3.39. The predicted molar refractivity (Wildman–Crippen MR) is 96.2 cm³/mol. The van der Waals surface area contributed by atoms with Gasteiger partial charge in [0.15, 0.2) is 5.78 Å². The van der Waals surface area contributed by atoms with Crippen LogP contribution in [0.25, 0.3) is 6.08 Å². The van der Waals surface area contributed by atoms with Crippen LogP contribution in [-0.2, 0) is 0 Å².